The van der Waals surface area contributed by atoms with Crippen LogP contribution in [0.15, 0.2) is 6.33 Å². The number of hydrogen-bond donors (Lipinski definition) is 0. The van der Waals surface area contributed by atoms with Crippen molar-refractivity contribution in [1.82, 2.24) is 14.8 Å². The second-order valence-electron chi connectivity index (χ2n) is 2.15. The summed E-state index contributed by atoms with van der Waals surface area (Å²) in [7, 11) is 0. The molecule has 1 aromatic rings. The van der Waals surface area contributed by atoms with E-state index >= 15 is 0 Å². The molecule has 1 aromatic heterocycles. The van der Waals surface area contributed by atoms with Gasteiger partial charge in [-0.25, -0.2) is 9.67 Å². The summed E-state index contributed by atoms with van der Waals surface area (Å²) >= 11 is 0. The van der Waals surface area contributed by atoms with Gasteiger partial charge in [0.2, 0.25) is 0 Å². The van der Waals surface area contributed by atoms with Crippen molar-refractivity contribution in [1.29, 1.82) is 0 Å². The summed E-state index contributed by atoms with van der Waals surface area (Å²) in [5.41, 5.74) is 0. The molecule has 4 nitrogen and oxygen atoms in total. The van der Waals surface area contributed by atoms with E-state index in [9.17, 15) is 4.79 Å². The average molecular weight is 139 g/mol. The maximum absolute atomic E-state index is 10.2. The number of carbonyl (C=O) groups is 1. The highest BCUT2D eigenvalue weighted by molar-refractivity contribution is 5.54. The van der Waals surface area contributed by atoms with Crippen molar-refractivity contribution < 1.29 is 4.79 Å². The molecule has 0 saturated heterocycles. The smallest absolute Gasteiger partial charge is 0.147 e. The third-order valence-corrected chi connectivity index (χ3v) is 1.24. The highest BCUT2D eigenvalue weighted by Gasteiger charge is 2.02. The first-order valence-corrected chi connectivity index (χ1v) is 3.07. The van der Waals surface area contributed by atoms with Crippen LogP contribution in [0.1, 0.15) is 18.8 Å². The molecule has 0 aliphatic carbocycles. The Balaban J connectivity index is 2.84. The van der Waals surface area contributed by atoms with E-state index in [0.717, 1.165) is 6.29 Å². The number of hydrogen-bond acceptors (Lipinski definition) is 3. The Morgan fingerprint density at radius 1 is 1.80 bits per heavy atom. The third-order valence-electron chi connectivity index (χ3n) is 1.24. The molecule has 0 saturated carbocycles. The van der Waals surface area contributed by atoms with Gasteiger partial charge < -0.3 is 4.79 Å². The molecule has 0 spiro atoms. The molecule has 0 aliphatic rings. The number of aldehydes is 1. The minimum absolute atomic E-state index is 0.207. The summed E-state index contributed by atoms with van der Waals surface area (Å²) < 4.78 is 1.53. The zero-order chi connectivity index (χ0) is 7.56. The van der Waals surface area contributed by atoms with Crippen LogP contribution < -0.4 is 0 Å². The maximum Gasteiger partial charge on any atom is 0.147 e. The molecule has 0 fully saturated rings. The van der Waals surface area contributed by atoms with E-state index in [1.165, 1.54) is 4.68 Å². The molecule has 0 bridgehead atoms. The molecular weight excluding hydrogens is 130 g/mol. The topological polar surface area (TPSA) is 47.8 Å². The Kier molecular flexibility index (Phi) is 1.80. The van der Waals surface area contributed by atoms with E-state index in [1.807, 2.05) is 0 Å². The summed E-state index contributed by atoms with van der Waals surface area (Å²) in [4.78, 5) is 14.1. The van der Waals surface area contributed by atoms with E-state index in [1.54, 1.807) is 20.2 Å². The minimum atomic E-state index is -0.207. The molecule has 4 heteroatoms. The summed E-state index contributed by atoms with van der Waals surface area (Å²) in [5.74, 6) is 0.689. The van der Waals surface area contributed by atoms with Crippen LogP contribution >= 0.6 is 0 Å². The van der Waals surface area contributed by atoms with Crippen molar-refractivity contribution in [3.05, 3.63) is 12.2 Å². The van der Waals surface area contributed by atoms with Gasteiger partial charge in [-0.05, 0) is 13.8 Å². The quantitative estimate of drug-likeness (QED) is 0.555. The Bertz CT molecular complexity index is 231. The first-order valence-electron chi connectivity index (χ1n) is 3.07. The van der Waals surface area contributed by atoms with Gasteiger partial charge in [-0.15, -0.1) is 0 Å². The van der Waals surface area contributed by atoms with Crippen LogP contribution in [-0.4, -0.2) is 21.1 Å². The van der Waals surface area contributed by atoms with Gasteiger partial charge in [-0.2, -0.15) is 5.10 Å². The predicted molar refractivity (Wildman–Crippen MR) is 35.5 cm³/mol. The van der Waals surface area contributed by atoms with Crippen molar-refractivity contribution in [2.24, 2.45) is 0 Å². The third kappa shape index (κ3) is 1.21. The lowest BCUT2D eigenvalue weighted by molar-refractivity contribution is -0.110. The average Bonchev–Trinajstić information content (AvgIpc) is 2.34. The van der Waals surface area contributed by atoms with Gasteiger partial charge in [0.25, 0.3) is 0 Å². The summed E-state index contributed by atoms with van der Waals surface area (Å²) in [6.07, 6.45) is 2.38. The fraction of sp³-hybridized carbons (Fsp3) is 0.500. The minimum Gasteiger partial charge on any atom is -0.301 e. The lowest BCUT2D eigenvalue weighted by Crippen LogP contribution is -2.06. The van der Waals surface area contributed by atoms with Crippen LogP contribution in [0.5, 0.6) is 0 Å². The molecule has 10 heavy (non-hydrogen) atoms. The van der Waals surface area contributed by atoms with Crippen LogP contribution in [0.4, 0.5) is 0 Å². The SMILES string of the molecule is Cc1ncn([C@@H](C)C=O)n1. The second-order valence-corrected chi connectivity index (χ2v) is 2.15. The van der Waals surface area contributed by atoms with Gasteiger partial charge in [0.1, 0.15) is 24.5 Å². The van der Waals surface area contributed by atoms with Gasteiger partial charge in [0.05, 0.1) is 0 Å². The van der Waals surface area contributed by atoms with E-state index in [0.29, 0.717) is 5.82 Å². The summed E-state index contributed by atoms with van der Waals surface area (Å²) in [6.45, 7) is 3.55. The standard InChI is InChI=1S/C6H9N3O/c1-5(3-10)9-4-7-6(2)8-9/h3-5H,1-2H3/t5-/m0/s1. The molecular formula is C6H9N3O. The number of rotatable bonds is 2. The zero-order valence-corrected chi connectivity index (χ0v) is 5.98. The maximum atomic E-state index is 10.2. The van der Waals surface area contributed by atoms with E-state index in [-0.39, 0.29) is 6.04 Å². The molecule has 1 atom stereocenters. The predicted octanol–water partition coefficient (Wildman–Crippen LogP) is 0.346. The fourth-order valence-electron chi connectivity index (χ4n) is 0.620. The first kappa shape index (κ1) is 6.92. The van der Waals surface area contributed by atoms with Crippen molar-refractivity contribution >= 4 is 6.29 Å². The molecule has 1 heterocycles. The lowest BCUT2D eigenvalue weighted by Gasteiger charge is -1.99. The number of carbonyl (C=O) groups excluding carboxylic acids is 1. The van der Waals surface area contributed by atoms with Crippen LogP contribution in [0.2, 0.25) is 0 Å². The summed E-state index contributed by atoms with van der Waals surface area (Å²) in [6, 6.07) is -0.207. The van der Waals surface area contributed by atoms with Crippen molar-refractivity contribution in [2.45, 2.75) is 19.9 Å². The molecule has 0 aromatic carbocycles. The monoisotopic (exact) mass is 139 g/mol. The van der Waals surface area contributed by atoms with Gasteiger partial charge in [-0.1, -0.05) is 0 Å². The molecule has 0 radical (unpaired) electrons. The van der Waals surface area contributed by atoms with Crippen LogP contribution in [-0.2, 0) is 4.79 Å². The fourth-order valence-corrected chi connectivity index (χ4v) is 0.620. The molecule has 0 N–H and O–H groups in total. The van der Waals surface area contributed by atoms with Crippen LogP contribution in [0.3, 0.4) is 0 Å². The van der Waals surface area contributed by atoms with E-state index in [2.05, 4.69) is 10.1 Å². The molecule has 0 amide bonds. The largest absolute Gasteiger partial charge is 0.301 e. The van der Waals surface area contributed by atoms with Gasteiger partial charge in [0, 0.05) is 0 Å². The Morgan fingerprint density at radius 3 is 2.90 bits per heavy atom. The number of aryl methyl sites for hydroxylation is 1. The first-order chi connectivity index (χ1) is 4.74. The zero-order valence-electron chi connectivity index (χ0n) is 5.98. The highest BCUT2D eigenvalue weighted by atomic mass is 16.1. The van der Waals surface area contributed by atoms with Crippen LogP contribution in [0, 0.1) is 6.92 Å². The van der Waals surface area contributed by atoms with Crippen molar-refractivity contribution in [3.8, 4) is 0 Å². The van der Waals surface area contributed by atoms with Crippen LogP contribution in [0.25, 0.3) is 0 Å². The molecule has 0 unspecified atom stereocenters. The summed E-state index contributed by atoms with van der Waals surface area (Å²) in [5, 5.41) is 3.96. The van der Waals surface area contributed by atoms with Crippen molar-refractivity contribution in [2.75, 3.05) is 0 Å². The normalized spacial score (nSPS) is 13.0. The van der Waals surface area contributed by atoms with Gasteiger partial charge >= 0.3 is 0 Å². The Hall–Kier alpha value is -1.19. The van der Waals surface area contributed by atoms with Gasteiger partial charge in [-0.3, -0.25) is 0 Å². The van der Waals surface area contributed by atoms with E-state index in [4.69, 9.17) is 0 Å². The second kappa shape index (κ2) is 2.60. The molecule has 54 valence electrons. The lowest BCUT2D eigenvalue weighted by atomic mass is 10.4. The number of aromatic nitrogens is 3. The van der Waals surface area contributed by atoms with Gasteiger partial charge in [0.15, 0.2) is 0 Å². The van der Waals surface area contributed by atoms with Crippen molar-refractivity contribution in [3.63, 3.8) is 0 Å². The molecule has 0 aliphatic heterocycles. The Labute approximate surface area is 58.9 Å². The highest BCUT2D eigenvalue weighted by Crippen LogP contribution is 1.97. The number of nitrogens with zero attached hydrogens (tertiary/aromatic N) is 3. The molecule has 1 rings (SSSR count). The Morgan fingerprint density at radius 2 is 2.50 bits per heavy atom. The van der Waals surface area contributed by atoms with E-state index < -0.39 is 0 Å².